The maximum Gasteiger partial charge on any atom is 0.336 e. The van der Waals surface area contributed by atoms with Gasteiger partial charge in [0.2, 0.25) is 0 Å². The zero-order valence-electron chi connectivity index (χ0n) is 11.5. The van der Waals surface area contributed by atoms with Gasteiger partial charge in [-0.3, -0.25) is 0 Å². The van der Waals surface area contributed by atoms with Gasteiger partial charge in [-0.2, -0.15) is 0 Å². The Kier molecular flexibility index (Phi) is 4.55. The van der Waals surface area contributed by atoms with Gasteiger partial charge < -0.3 is 14.3 Å². The molecule has 4 nitrogen and oxygen atoms in total. The topological polar surface area (TPSA) is 59.7 Å². The van der Waals surface area contributed by atoms with Crippen molar-refractivity contribution in [3.63, 3.8) is 0 Å². The van der Waals surface area contributed by atoms with Crippen molar-refractivity contribution >= 4 is 5.97 Å². The second-order valence-corrected chi connectivity index (χ2v) is 4.33. The number of furan rings is 1. The molecular formula is C16H15FO4. The Bertz CT molecular complexity index is 660. The van der Waals surface area contributed by atoms with Gasteiger partial charge in [0.1, 0.15) is 23.4 Å². The summed E-state index contributed by atoms with van der Waals surface area (Å²) in [6, 6.07) is 9.11. The molecule has 0 fully saturated rings. The number of halogens is 1. The van der Waals surface area contributed by atoms with E-state index < -0.39 is 17.9 Å². The quantitative estimate of drug-likeness (QED) is 0.678. The maximum atomic E-state index is 13.7. The number of aliphatic hydroxyl groups excluding tert-OH is 1. The van der Waals surface area contributed by atoms with Gasteiger partial charge in [0.15, 0.2) is 0 Å². The molecule has 2 aromatic rings. The molecule has 0 radical (unpaired) electrons. The second kappa shape index (κ2) is 6.37. The molecule has 0 saturated carbocycles. The third-order valence-electron chi connectivity index (χ3n) is 2.90. The van der Waals surface area contributed by atoms with Crippen LogP contribution in [-0.2, 0) is 9.53 Å². The molecule has 1 atom stereocenters. The summed E-state index contributed by atoms with van der Waals surface area (Å²) in [5.74, 6) is -0.768. The summed E-state index contributed by atoms with van der Waals surface area (Å²) in [5.41, 5.74) is 0.143. The first kappa shape index (κ1) is 15.0. The van der Waals surface area contributed by atoms with E-state index in [-0.39, 0.29) is 29.3 Å². The van der Waals surface area contributed by atoms with Crippen LogP contribution in [0.4, 0.5) is 4.39 Å². The Labute approximate surface area is 121 Å². The summed E-state index contributed by atoms with van der Waals surface area (Å²) < 4.78 is 23.8. The number of esters is 1. The molecule has 0 bridgehead atoms. The Morgan fingerprint density at radius 3 is 2.76 bits per heavy atom. The fourth-order valence-corrected chi connectivity index (χ4v) is 1.81. The minimum absolute atomic E-state index is 0.103. The van der Waals surface area contributed by atoms with Crippen molar-refractivity contribution in [3.8, 4) is 11.3 Å². The number of carbonyl (C=O) groups excluding carboxylic acids is 1. The number of benzene rings is 1. The summed E-state index contributed by atoms with van der Waals surface area (Å²) in [5, 5.41) is 10.0. The Balaban J connectivity index is 2.22. The number of carbonyl (C=O) groups is 1. The zero-order valence-corrected chi connectivity index (χ0v) is 11.5. The lowest BCUT2D eigenvalue weighted by atomic mass is 10.1. The molecule has 0 aliphatic rings. The molecule has 1 N–H and O–H groups in total. The van der Waals surface area contributed by atoms with Crippen molar-refractivity contribution in [2.45, 2.75) is 13.0 Å². The van der Waals surface area contributed by atoms with Crippen LogP contribution in [0.15, 0.2) is 53.0 Å². The Hall–Kier alpha value is -2.40. The lowest BCUT2D eigenvalue weighted by Gasteiger charge is -2.10. The predicted octanol–water partition coefficient (Wildman–Crippen LogP) is 3.24. The summed E-state index contributed by atoms with van der Waals surface area (Å²) in [7, 11) is 0. The molecular weight excluding hydrogens is 275 g/mol. The van der Waals surface area contributed by atoms with E-state index in [1.165, 1.54) is 18.2 Å². The average molecular weight is 290 g/mol. The van der Waals surface area contributed by atoms with Crippen LogP contribution in [0, 0.1) is 5.82 Å². The van der Waals surface area contributed by atoms with Crippen LogP contribution in [0.1, 0.15) is 18.8 Å². The lowest BCUT2D eigenvalue weighted by Crippen LogP contribution is -2.13. The van der Waals surface area contributed by atoms with Gasteiger partial charge in [0, 0.05) is 0 Å². The number of hydrogen-bond acceptors (Lipinski definition) is 4. The normalized spacial score (nSPS) is 12.0. The van der Waals surface area contributed by atoms with E-state index in [9.17, 15) is 14.3 Å². The highest BCUT2D eigenvalue weighted by Gasteiger charge is 2.23. The van der Waals surface area contributed by atoms with Crippen LogP contribution >= 0.6 is 0 Å². The number of hydrogen-bond donors (Lipinski definition) is 1. The first-order valence-corrected chi connectivity index (χ1v) is 6.43. The van der Waals surface area contributed by atoms with Crippen molar-refractivity contribution in [3.05, 3.63) is 60.1 Å². The molecule has 1 heterocycles. The highest BCUT2D eigenvalue weighted by atomic mass is 19.1. The van der Waals surface area contributed by atoms with Crippen molar-refractivity contribution in [2.24, 2.45) is 0 Å². The maximum absolute atomic E-state index is 13.7. The molecule has 0 spiro atoms. The molecule has 0 aliphatic carbocycles. The fraction of sp³-hybridized carbons (Fsp3) is 0.188. The molecule has 0 saturated heterocycles. The van der Waals surface area contributed by atoms with Crippen LogP contribution in [-0.4, -0.2) is 17.7 Å². The van der Waals surface area contributed by atoms with Crippen molar-refractivity contribution in [1.82, 2.24) is 0 Å². The minimum Gasteiger partial charge on any atom is -0.463 e. The van der Waals surface area contributed by atoms with Crippen LogP contribution in [0.2, 0.25) is 0 Å². The third-order valence-corrected chi connectivity index (χ3v) is 2.90. The molecule has 0 aliphatic heterocycles. The molecule has 1 aromatic carbocycles. The van der Waals surface area contributed by atoms with Crippen LogP contribution in [0.5, 0.6) is 0 Å². The zero-order chi connectivity index (χ0) is 15.4. The summed E-state index contributed by atoms with van der Waals surface area (Å²) in [6.07, 6.45) is -1.33. The van der Waals surface area contributed by atoms with Crippen LogP contribution < -0.4 is 0 Å². The van der Waals surface area contributed by atoms with Gasteiger partial charge in [-0.1, -0.05) is 18.7 Å². The fourth-order valence-electron chi connectivity index (χ4n) is 1.81. The highest BCUT2D eigenvalue weighted by Crippen LogP contribution is 2.29. The third kappa shape index (κ3) is 3.20. The van der Waals surface area contributed by atoms with Gasteiger partial charge in [0.05, 0.1) is 17.7 Å². The first-order chi connectivity index (χ1) is 10.0. The van der Waals surface area contributed by atoms with Gasteiger partial charge in [-0.25, -0.2) is 9.18 Å². The van der Waals surface area contributed by atoms with E-state index in [4.69, 9.17) is 9.15 Å². The highest BCUT2D eigenvalue weighted by molar-refractivity contribution is 5.88. The molecule has 5 heteroatoms. The number of ether oxygens (including phenoxy) is 1. The SMILES string of the molecule is C=C(C(=O)OCC)C(O)c1ccc(-c2ccccc2F)o1. The van der Waals surface area contributed by atoms with Crippen LogP contribution in [0.25, 0.3) is 11.3 Å². The smallest absolute Gasteiger partial charge is 0.336 e. The van der Waals surface area contributed by atoms with Crippen LogP contribution in [0.3, 0.4) is 0 Å². The molecule has 110 valence electrons. The van der Waals surface area contributed by atoms with E-state index in [1.807, 2.05) is 0 Å². The predicted molar refractivity (Wildman–Crippen MR) is 74.8 cm³/mol. The second-order valence-electron chi connectivity index (χ2n) is 4.33. The van der Waals surface area contributed by atoms with E-state index in [1.54, 1.807) is 25.1 Å². The van der Waals surface area contributed by atoms with Crippen molar-refractivity contribution in [1.29, 1.82) is 0 Å². The Morgan fingerprint density at radius 1 is 1.38 bits per heavy atom. The van der Waals surface area contributed by atoms with E-state index in [0.717, 1.165) is 0 Å². The summed E-state index contributed by atoms with van der Waals surface area (Å²) in [4.78, 5) is 11.5. The minimum atomic E-state index is -1.33. The van der Waals surface area contributed by atoms with Crippen molar-refractivity contribution in [2.75, 3.05) is 6.61 Å². The van der Waals surface area contributed by atoms with Gasteiger partial charge >= 0.3 is 5.97 Å². The van der Waals surface area contributed by atoms with E-state index in [0.29, 0.717) is 0 Å². The lowest BCUT2D eigenvalue weighted by molar-refractivity contribution is -0.139. The molecule has 21 heavy (non-hydrogen) atoms. The first-order valence-electron chi connectivity index (χ1n) is 6.43. The summed E-state index contributed by atoms with van der Waals surface area (Å²) in [6.45, 7) is 5.33. The average Bonchev–Trinajstić information content (AvgIpc) is 2.96. The molecule has 1 unspecified atom stereocenters. The summed E-state index contributed by atoms with van der Waals surface area (Å²) >= 11 is 0. The standard InChI is InChI=1S/C16H15FO4/c1-3-20-16(19)10(2)15(18)14-9-8-13(21-14)11-6-4-5-7-12(11)17/h4-9,15,18H,2-3H2,1H3. The molecule has 1 aromatic heterocycles. The molecule has 2 rings (SSSR count). The number of rotatable bonds is 5. The Morgan fingerprint density at radius 2 is 2.10 bits per heavy atom. The van der Waals surface area contributed by atoms with Gasteiger partial charge in [-0.15, -0.1) is 0 Å². The van der Waals surface area contributed by atoms with Gasteiger partial charge in [-0.05, 0) is 31.2 Å². The van der Waals surface area contributed by atoms with Crippen molar-refractivity contribution < 1.29 is 23.4 Å². The number of aliphatic hydroxyl groups is 1. The largest absolute Gasteiger partial charge is 0.463 e. The monoisotopic (exact) mass is 290 g/mol. The van der Waals surface area contributed by atoms with E-state index in [2.05, 4.69) is 6.58 Å². The van der Waals surface area contributed by atoms with Gasteiger partial charge in [0.25, 0.3) is 0 Å². The van der Waals surface area contributed by atoms with E-state index >= 15 is 0 Å². The molecule has 0 amide bonds.